The number of furan rings is 2. The quantitative estimate of drug-likeness (QED) is 0.858. The number of nitrogens with one attached hydrogen (secondary N) is 1. The van der Waals surface area contributed by atoms with E-state index in [0.717, 1.165) is 17.7 Å². The van der Waals surface area contributed by atoms with Crippen LogP contribution < -0.4 is 5.32 Å². The molecule has 21 heavy (non-hydrogen) atoms. The van der Waals surface area contributed by atoms with Gasteiger partial charge in [-0.1, -0.05) is 6.92 Å². The van der Waals surface area contributed by atoms with Gasteiger partial charge in [-0.3, -0.25) is 4.79 Å². The van der Waals surface area contributed by atoms with Gasteiger partial charge >= 0.3 is 0 Å². The van der Waals surface area contributed by atoms with Gasteiger partial charge in [0.2, 0.25) is 0 Å². The maximum Gasteiger partial charge on any atom is 0.287 e. The maximum absolute atomic E-state index is 12.2. The van der Waals surface area contributed by atoms with Crippen LogP contribution in [0.4, 0.5) is 0 Å². The Morgan fingerprint density at radius 2 is 2.24 bits per heavy atom. The first-order valence-electron chi connectivity index (χ1n) is 7.12. The SMILES string of the molecule is CCc1cc(C)c(C(=O)NC(C)CC(O)c2ccco2)o1. The van der Waals surface area contributed by atoms with Crippen molar-refractivity contribution >= 4 is 5.91 Å². The van der Waals surface area contributed by atoms with Crippen molar-refractivity contribution in [1.82, 2.24) is 5.32 Å². The molecule has 0 spiro atoms. The molecule has 5 nitrogen and oxygen atoms in total. The zero-order valence-electron chi connectivity index (χ0n) is 12.6. The molecule has 2 heterocycles. The van der Waals surface area contributed by atoms with Crippen molar-refractivity contribution in [2.45, 2.75) is 45.8 Å². The van der Waals surface area contributed by atoms with E-state index in [4.69, 9.17) is 8.83 Å². The number of aryl methyl sites for hydroxylation is 2. The molecule has 1 amide bonds. The molecule has 2 aromatic heterocycles. The second-order valence-electron chi connectivity index (χ2n) is 5.22. The number of carbonyl (C=O) groups excluding carboxylic acids is 1. The van der Waals surface area contributed by atoms with Crippen LogP contribution in [0.5, 0.6) is 0 Å². The van der Waals surface area contributed by atoms with Crippen LogP contribution in [0, 0.1) is 6.92 Å². The minimum Gasteiger partial charge on any atom is -0.467 e. The predicted molar refractivity (Wildman–Crippen MR) is 78.0 cm³/mol. The highest BCUT2D eigenvalue weighted by Crippen LogP contribution is 2.19. The molecular formula is C16H21NO4. The third-order valence-corrected chi connectivity index (χ3v) is 3.35. The lowest BCUT2D eigenvalue weighted by atomic mass is 10.1. The molecule has 0 aromatic carbocycles. The fourth-order valence-electron chi connectivity index (χ4n) is 2.23. The highest BCUT2D eigenvalue weighted by Gasteiger charge is 2.20. The topological polar surface area (TPSA) is 75.6 Å². The average molecular weight is 291 g/mol. The van der Waals surface area contributed by atoms with Gasteiger partial charge < -0.3 is 19.3 Å². The largest absolute Gasteiger partial charge is 0.467 e. The zero-order chi connectivity index (χ0) is 15.4. The summed E-state index contributed by atoms with van der Waals surface area (Å²) in [6.07, 6.45) is 1.90. The van der Waals surface area contributed by atoms with E-state index in [2.05, 4.69) is 5.32 Å². The molecular weight excluding hydrogens is 270 g/mol. The Morgan fingerprint density at radius 1 is 1.48 bits per heavy atom. The molecule has 2 N–H and O–H groups in total. The lowest BCUT2D eigenvalue weighted by Crippen LogP contribution is -2.33. The fourth-order valence-corrected chi connectivity index (χ4v) is 2.23. The van der Waals surface area contributed by atoms with E-state index in [1.807, 2.05) is 26.8 Å². The van der Waals surface area contributed by atoms with Gasteiger partial charge in [0, 0.05) is 24.4 Å². The van der Waals surface area contributed by atoms with Crippen molar-refractivity contribution in [3.05, 3.63) is 47.3 Å². The predicted octanol–water partition coefficient (Wildman–Crippen LogP) is 2.99. The summed E-state index contributed by atoms with van der Waals surface area (Å²) in [5.74, 6) is 1.37. The Balaban J connectivity index is 1.94. The smallest absolute Gasteiger partial charge is 0.287 e. The summed E-state index contributed by atoms with van der Waals surface area (Å²) in [5.41, 5.74) is 0.822. The second-order valence-corrected chi connectivity index (χ2v) is 5.22. The van der Waals surface area contributed by atoms with E-state index < -0.39 is 6.10 Å². The average Bonchev–Trinajstić information content (AvgIpc) is 3.07. The molecule has 5 heteroatoms. The van der Waals surface area contributed by atoms with Crippen molar-refractivity contribution in [3.63, 3.8) is 0 Å². The maximum atomic E-state index is 12.2. The Bertz CT molecular complexity index is 585. The molecule has 0 bridgehead atoms. The van der Waals surface area contributed by atoms with Crippen LogP contribution >= 0.6 is 0 Å². The third-order valence-electron chi connectivity index (χ3n) is 3.35. The molecule has 0 fully saturated rings. The Morgan fingerprint density at radius 3 is 2.81 bits per heavy atom. The molecule has 0 aliphatic heterocycles. The van der Waals surface area contributed by atoms with E-state index in [-0.39, 0.29) is 11.9 Å². The fraction of sp³-hybridized carbons (Fsp3) is 0.438. The van der Waals surface area contributed by atoms with Crippen molar-refractivity contribution in [2.24, 2.45) is 0 Å². The number of hydrogen-bond donors (Lipinski definition) is 2. The van der Waals surface area contributed by atoms with Crippen LogP contribution in [0.2, 0.25) is 0 Å². The van der Waals surface area contributed by atoms with Gasteiger partial charge in [-0.25, -0.2) is 0 Å². The summed E-state index contributed by atoms with van der Waals surface area (Å²) in [7, 11) is 0. The van der Waals surface area contributed by atoms with Gasteiger partial charge in [0.25, 0.3) is 5.91 Å². The minimum atomic E-state index is -0.737. The van der Waals surface area contributed by atoms with Crippen LogP contribution in [0.3, 0.4) is 0 Å². The number of carbonyl (C=O) groups is 1. The van der Waals surface area contributed by atoms with Crippen molar-refractivity contribution < 1.29 is 18.7 Å². The molecule has 0 radical (unpaired) electrons. The zero-order valence-corrected chi connectivity index (χ0v) is 12.6. The summed E-state index contributed by atoms with van der Waals surface area (Å²) in [5, 5.41) is 12.8. The minimum absolute atomic E-state index is 0.202. The normalized spacial score (nSPS) is 13.9. The Hall–Kier alpha value is -2.01. The highest BCUT2D eigenvalue weighted by molar-refractivity contribution is 5.93. The summed E-state index contributed by atoms with van der Waals surface area (Å²) >= 11 is 0. The number of aliphatic hydroxyl groups is 1. The number of hydrogen-bond acceptors (Lipinski definition) is 4. The molecule has 2 unspecified atom stereocenters. The van der Waals surface area contributed by atoms with Crippen LogP contribution in [-0.2, 0) is 6.42 Å². The standard InChI is InChI=1S/C16H21NO4/c1-4-12-8-10(2)15(21-12)16(19)17-11(3)9-13(18)14-6-5-7-20-14/h5-8,11,13,18H,4,9H2,1-3H3,(H,17,19). The van der Waals surface area contributed by atoms with Crippen molar-refractivity contribution in [1.29, 1.82) is 0 Å². The number of amides is 1. The summed E-state index contributed by atoms with van der Waals surface area (Å²) in [4.78, 5) is 12.2. The summed E-state index contributed by atoms with van der Waals surface area (Å²) in [6.45, 7) is 5.66. The molecule has 0 saturated carbocycles. The number of rotatable bonds is 6. The van der Waals surface area contributed by atoms with E-state index in [9.17, 15) is 9.90 Å². The van der Waals surface area contributed by atoms with Crippen molar-refractivity contribution in [3.8, 4) is 0 Å². The molecule has 0 aliphatic rings. The molecule has 2 aromatic rings. The lowest BCUT2D eigenvalue weighted by molar-refractivity contribution is 0.0874. The van der Waals surface area contributed by atoms with Gasteiger partial charge in [0.1, 0.15) is 17.6 Å². The first-order valence-corrected chi connectivity index (χ1v) is 7.12. The molecule has 114 valence electrons. The first kappa shape index (κ1) is 15.4. The molecule has 0 aliphatic carbocycles. The lowest BCUT2D eigenvalue weighted by Gasteiger charge is -2.16. The van der Waals surface area contributed by atoms with Crippen LogP contribution in [-0.4, -0.2) is 17.1 Å². The van der Waals surface area contributed by atoms with Crippen LogP contribution in [0.1, 0.15) is 54.0 Å². The van der Waals surface area contributed by atoms with Crippen molar-refractivity contribution in [2.75, 3.05) is 0 Å². The molecule has 0 saturated heterocycles. The van der Waals surface area contributed by atoms with Crippen LogP contribution in [0.25, 0.3) is 0 Å². The van der Waals surface area contributed by atoms with Gasteiger partial charge in [-0.05, 0) is 32.0 Å². The van der Waals surface area contributed by atoms with Crippen LogP contribution in [0.15, 0.2) is 33.3 Å². The highest BCUT2D eigenvalue weighted by atomic mass is 16.4. The van der Waals surface area contributed by atoms with E-state index in [0.29, 0.717) is 17.9 Å². The van der Waals surface area contributed by atoms with E-state index in [1.54, 1.807) is 12.1 Å². The van der Waals surface area contributed by atoms with Gasteiger partial charge in [0.15, 0.2) is 5.76 Å². The van der Waals surface area contributed by atoms with Gasteiger partial charge in [-0.15, -0.1) is 0 Å². The van der Waals surface area contributed by atoms with E-state index >= 15 is 0 Å². The van der Waals surface area contributed by atoms with Gasteiger partial charge in [-0.2, -0.15) is 0 Å². The monoisotopic (exact) mass is 291 g/mol. The number of aliphatic hydroxyl groups excluding tert-OH is 1. The first-order chi connectivity index (χ1) is 10.0. The third kappa shape index (κ3) is 3.76. The van der Waals surface area contributed by atoms with E-state index in [1.165, 1.54) is 6.26 Å². The second kappa shape index (κ2) is 6.63. The molecule has 2 atom stereocenters. The summed E-state index contributed by atoms with van der Waals surface area (Å²) < 4.78 is 10.7. The van der Waals surface area contributed by atoms with Gasteiger partial charge in [0.05, 0.1) is 6.26 Å². The summed E-state index contributed by atoms with van der Waals surface area (Å²) in [6, 6.07) is 5.10. The Labute approximate surface area is 124 Å². The molecule has 2 rings (SSSR count). The Kier molecular flexibility index (Phi) is 4.85.